The van der Waals surface area contributed by atoms with E-state index in [2.05, 4.69) is 5.32 Å². The van der Waals surface area contributed by atoms with E-state index in [0.717, 1.165) is 0 Å². The van der Waals surface area contributed by atoms with Crippen molar-refractivity contribution in [2.24, 2.45) is 0 Å². The van der Waals surface area contributed by atoms with Crippen molar-refractivity contribution in [2.45, 2.75) is 0 Å². The Kier molecular flexibility index (Phi) is 7.39. The second kappa shape index (κ2) is 10.6. The van der Waals surface area contributed by atoms with Gasteiger partial charge in [-0.1, -0.05) is 6.07 Å². The van der Waals surface area contributed by atoms with Crippen LogP contribution in [0.5, 0.6) is 17.2 Å². The van der Waals surface area contributed by atoms with Crippen molar-refractivity contribution in [2.75, 3.05) is 19.5 Å². The molecule has 0 bridgehead atoms. The summed E-state index contributed by atoms with van der Waals surface area (Å²) in [4.78, 5) is 25.0. The molecule has 166 valence electrons. The largest absolute Gasteiger partial charge is 0.497 e. The van der Waals surface area contributed by atoms with Crippen LogP contribution in [0.2, 0.25) is 0 Å². The topological polar surface area (TPSA) is 97.7 Å². The van der Waals surface area contributed by atoms with E-state index in [1.807, 2.05) is 6.07 Å². The SMILES string of the molecule is COc1ccc(C(=O)Oc2cc(C=C(C#N)C(=O)Nc3ccc(F)cc3)ccc2OC)cc1. The number of methoxy groups -OCH3 is 2. The molecular weight excluding hydrogens is 427 g/mol. The number of nitrogens with one attached hydrogen (secondary N) is 1. The normalized spacial score (nSPS) is 10.7. The Hall–Kier alpha value is -4.64. The number of carbonyl (C=O) groups excluding carboxylic acids is 2. The lowest BCUT2D eigenvalue weighted by molar-refractivity contribution is -0.112. The van der Waals surface area contributed by atoms with Crippen LogP contribution >= 0.6 is 0 Å². The Balaban J connectivity index is 1.82. The van der Waals surface area contributed by atoms with Gasteiger partial charge in [0.15, 0.2) is 11.5 Å². The number of benzene rings is 3. The maximum atomic E-state index is 13.0. The van der Waals surface area contributed by atoms with Crippen LogP contribution in [-0.2, 0) is 4.79 Å². The predicted molar refractivity (Wildman–Crippen MR) is 120 cm³/mol. The van der Waals surface area contributed by atoms with E-state index in [9.17, 15) is 19.2 Å². The third-order valence-corrected chi connectivity index (χ3v) is 4.49. The quantitative estimate of drug-likeness (QED) is 0.246. The summed E-state index contributed by atoms with van der Waals surface area (Å²) in [6.45, 7) is 0. The fourth-order valence-corrected chi connectivity index (χ4v) is 2.80. The van der Waals surface area contributed by atoms with E-state index in [1.165, 1.54) is 50.6 Å². The minimum absolute atomic E-state index is 0.114. The zero-order valence-corrected chi connectivity index (χ0v) is 17.8. The second-order valence-corrected chi connectivity index (χ2v) is 6.66. The first-order valence-corrected chi connectivity index (χ1v) is 9.66. The molecule has 0 radical (unpaired) electrons. The zero-order chi connectivity index (χ0) is 23.8. The molecule has 0 fully saturated rings. The number of carbonyl (C=O) groups is 2. The van der Waals surface area contributed by atoms with Crippen LogP contribution in [0.3, 0.4) is 0 Å². The summed E-state index contributed by atoms with van der Waals surface area (Å²) in [5, 5.41) is 12.0. The number of amides is 1. The van der Waals surface area contributed by atoms with Crippen molar-refractivity contribution >= 4 is 23.6 Å². The molecule has 7 nitrogen and oxygen atoms in total. The molecule has 0 aliphatic carbocycles. The lowest BCUT2D eigenvalue weighted by Gasteiger charge is -2.11. The number of rotatable bonds is 7. The minimum Gasteiger partial charge on any atom is -0.497 e. The Morgan fingerprint density at radius 3 is 2.24 bits per heavy atom. The van der Waals surface area contributed by atoms with Crippen LogP contribution in [0.4, 0.5) is 10.1 Å². The van der Waals surface area contributed by atoms with Gasteiger partial charge in [-0.15, -0.1) is 0 Å². The molecule has 0 aromatic heterocycles. The molecule has 0 unspecified atom stereocenters. The first-order chi connectivity index (χ1) is 15.9. The van der Waals surface area contributed by atoms with Crippen LogP contribution in [0.25, 0.3) is 6.08 Å². The highest BCUT2D eigenvalue weighted by Crippen LogP contribution is 2.30. The van der Waals surface area contributed by atoms with Crippen molar-refractivity contribution in [1.29, 1.82) is 5.26 Å². The molecule has 0 saturated heterocycles. The molecule has 33 heavy (non-hydrogen) atoms. The third kappa shape index (κ3) is 5.95. The van der Waals surface area contributed by atoms with Gasteiger partial charge in [0.1, 0.15) is 23.2 Å². The van der Waals surface area contributed by atoms with Crippen molar-refractivity contribution in [3.8, 4) is 23.3 Å². The molecule has 3 rings (SSSR count). The van der Waals surface area contributed by atoms with Gasteiger partial charge < -0.3 is 19.5 Å². The van der Waals surface area contributed by atoms with Crippen LogP contribution in [0, 0.1) is 17.1 Å². The molecule has 1 amide bonds. The van der Waals surface area contributed by atoms with E-state index in [1.54, 1.807) is 36.4 Å². The van der Waals surface area contributed by atoms with Gasteiger partial charge in [0, 0.05) is 5.69 Å². The summed E-state index contributed by atoms with van der Waals surface area (Å²) in [5.74, 6) is -0.729. The fourth-order valence-electron chi connectivity index (χ4n) is 2.80. The van der Waals surface area contributed by atoms with E-state index in [-0.39, 0.29) is 11.3 Å². The van der Waals surface area contributed by atoms with Gasteiger partial charge in [0.2, 0.25) is 0 Å². The maximum absolute atomic E-state index is 13.0. The molecule has 0 spiro atoms. The first-order valence-electron chi connectivity index (χ1n) is 9.66. The van der Waals surface area contributed by atoms with E-state index < -0.39 is 17.7 Å². The molecule has 0 heterocycles. The van der Waals surface area contributed by atoms with Gasteiger partial charge in [-0.05, 0) is 72.3 Å². The first kappa shape index (κ1) is 23.0. The monoisotopic (exact) mass is 446 g/mol. The van der Waals surface area contributed by atoms with E-state index >= 15 is 0 Å². The number of ether oxygens (including phenoxy) is 3. The summed E-state index contributed by atoms with van der Waals surface area (Å²) < 4.78 is 28.8. The lowest BCUT2D eigenvalue weighted by atomic mass is 10.1. The number of hydrogen-bond donors (Lipinski definition) is 1. The van der Waals surface area contributed by atoms with Crippen molar-refractivity contribution in [3.05, 3.63) is 89.2 Å². The van der Waals surface area contributed by atoms with Crippen LogP contribution in [0.1, 0.15) is 15.9 Å². The van der Waals surface area contributed by atoms with Gasteiger partial charge in [0.25, 0.3) is 5.91 Å². The number of hydrogen-bond acceptors (Lipinski definition) is 6. The molecule has 1 N–H and O–H groups in total. The Morgan fingerprint density at radius 1 is 0.939 bits per heavy atom. The zero-order valence-electron chi connectivity index (χ0n) is 17.8. The highest BCUT2D eigenvalue weighted by Gasteiger charge is 2.15. The smallest absolute Gasteiger partial charge is 0.343 e. The molecule has 0 aliphatic heterocycles. The van der Waals surface area contributed by atoms with Gasteiger partial charge in [-0.25, -0.2) is 9.18 Å². The average Bonchev–Trinajstić information content (AvgIpc) is 2.84. The second-order valence-electron chi connectivity index (χ2n) is 6.66. The number of nitriles is 1. The van der Waals surface area contributed by atoms with Crippen LogP contribution in [-0.4, -0.2) is 26.1 Å². The van der Waals surface area contributed by atoms with Crippen molar-refractivity contribution < 1.29 is 28.2 Å². The van der Waals surface area contributed by atoms with Crippen LogP contribution in [0.15, 0.2) is 72.3 Å². The third-order valence-electron chi connectivity index (χ3n) is 4.49. The summed E-state index contributed by atoms with van der Waals surface area (Å²) in [5.41, 5.74) is 0.873. The Labute approximate surface area is 189 Å². The molecule has 0 atom stereocenters. The van der Waals surface area contributed by atoms with Gasteiger partial charge in [-0.2, -0.15) is 5.26 Å². The van der Waals surface area contributed by atoms with Gasteiger partial charge in [-0.3, -0.25) is 4.79 Å². The summed E-state index contributed by atoms with van der Waals surface area (Å²) >= 11 is 0. The molecular formula is C25H19FN2O5. The fraction of sp³-hybridized carbons (Fsp3) is 0.0800. The maximum Gasteiger partial charge on any atom is 0.343 e. The lowest BCUT2D eigenvalue weighted by Crippen LogP contribution is -2.13. The predicted octanol–water partition coefficient (Wildman–Crippen LogP) is 4.61. The van der Waals surface area contributed by atoms with Crippen molar-refractivity contribution in [3.63, 3.8) is 0 Å². The van der Waals surface area contributed by atoms with Gasteiger partial charge in [0.05, 0.1) is 19.8 Å². The number of esters is 1. The van der Waals surface area contributed by atoms with E-state index in [4.69, 9.17) is 14.2 Å². The number of nitrogens with zero attached hydrogens (tertiary/aromatic N) is 1. The average molecular weight is 446 g/mol. The highest BCUT2D eigenvalue weighted by molar-refractivity contribution is 6.09. The number of anilines is 1. The standard InChI is InChI=1S/C25H19FN2O5/c1-31-21-10-4-17(5-11-21)25(30)33-23-14-16(3-12-22(23)32-2)13-18(15-27)24(29)28-20-8-6-19(26)7-9-20/h3-14H,1-2H3,(H,28,29). The summed E-state index contributed by atoms with van der Waals surface area (Å²) in [6.07, 6.45) is 1.34. The molecule has 8 heteroatoms. The Bertz CT molecular complexity index is 1230. The summed E-state index contributed by atoms with van der Waals surface area (Å²) in [6, 6.07) is 18.0. The van der Waals surface area contributed by atoms with E-state index in [0.29, 0.717) is 28.3 Å². The molecule has 0 aliphatic rings. The molecule has 3 aromatic carbocycles. The summed E-state index contributed by atoms with van der Waals surface area (Å²) in [7, 11) is 2.94. The highest BCUT2D eigenvalue weighted by atomic mass is 19.1. The Morgan fingerprint density at radius 2 is 1.64 bits per heavy atom. The van der Waals surface area contributed by atoms with Gasteiger partial charge >= 0.3 is 5.97 Å². The molecule has 0 saturated carbocycles. The molecule has 3 aromatic rings. The minimum atomic E-state index is -0.670. The number of halogens is 1. The van der Waals surface area contributed by atoms with Crippen LogP contribution < -0.4 is 19.5 Å². The van der Waals surface area contributed by atoms with Crippen molar-refractivity contribution in [1.82, 2.24) is 0 Å².